The van der Waals surface area contributed by atoms with Gasteiger partial charge in [0.25, 0.3) is 0 Å². The number of ether oxygens (including phenoxy) is 1. The van der Waals surface area contributed by atoms with Gasteiger partial charge >= 0.3 is 0 Å². The molecule has 1 aliphatic rings. The van der Waals surface area contributed by atoms with Crippen LogP contribution >= 0.6 is 0 Å². The molecule has 5 heteroatoms. The van der Waals surface area contributed by atoms with E-state index < -0.39 is 0 Å². The van der Waals surface area contributed by atoms with Crippen molar-refractivity contribution in [3.63, 3.8) is 0 Å². The Morgan fingerprint density at radius 1 is 1.06 bits per heavy atom. The van der Waals surface area contributed by atoms with E-state index >= 15 is 0 Å². The van der Waals surface area contributed by atoms with Crippen molar-refractivity contribution in [2.45, 2.75) is 45.4 Å². The molecule has 4 aromatic rings. The van der Waals surface area contributed by atoms with Crippen molar-refractivity contribution in [3.8, 4) is 39.8 Å². The fourth-order valence-corrected chi connectivity index (χ4v) is 4.80. The third-order valence-corrected chi connectivity index (χ3v) is 6.99. The molecule has 1 unspecified atom stereocenters. The quantitative estimate of drug-likeness (QED) is 0.294. The van der Waals surface area contributed by atoms with Crippen LogP contribution in [0.2, 0.25) is 0 Å². The number of nitriles is 1. The van der Waals surface area contributed by atoms with Crippen LogP contribution in [0.3, 0.4) is 0 Å². The van der Waals surface area contributed by atoms with Crippen LogP contribution < -0.4 is 4.74 Å². The zero-order valence-electron chi connectivity index (χ0n) is 20.3. The van der Waals surface area contributed by atoms with Gasteiger partial charge in [0.1, 0.15) is 5.75 Å². The van der Waals surface area contributed by atoms with E-state index in [-0.39, 0.29) is 5.92 Å². The highest BCUT2D eigenvalue weighted by atomic mass is 16.5. The number of pyridine rings is 1. The van der Waals surface area contributed by atoms with E-state index in [0.29, 0.717) is 5.92 Å². The Bertz CT molecular complexity index is 1360. The molecule has 0 bridgehead atoms. The minimum absolute atomic E-state index is 0.141. The van der Waals surface area contributed by atoms with Gasteiger partial charge < -0.3 is 4.74 Å². The van der Waals surface area contributed by atoms with Gasteiger partial charge in [0.15, 0.2) is 0 Å². The molecule has 1 saturated carbocycles. The second kappa shape index (κ2) is 10.1. The van der Waals surface area contributed by atoms with Crippen molar-refractivity contribution in [3.05, 3.63) is 84.4 Å². The Kier molecular flexibility index (Phi) is 6.63. The van der Waals surface area contributed by atoms with Gasteiger partial charge in [-0.2, -0.15) is 10.4 Å². The summed E-state index contributed by atoms with van der Waals surface area (Å²) in [5.74, 6) is 1.37. The molecule has 0 saturated heterocycles. The van der Waals surface area contributed by atoms with E-state index in [9.17, 15) is 5.26 Å². The first-order chi connectivity index (χ1) is 17.1. The lowest BCUT2D eigenvalue weighted by Gasteiger charge is -2.13. The molecule has 2 aromatic heterocycles. The summed E-state index contributed by atoms with van der Waals surface area (Å²) in [6.07, 6.45) is 12.7. The summed E-state index contributed by atoms with van der Waals surface area (Å²) in [6.45, 7) is 4.78. The highest BCUT2D eigenvalue weighted by Crippen LogP contribution is 2.33. The molecule has 5 rings (SSSR count). The van der Waals surface area contributed by atoms with Crippen LogP contribution in [0.5, 0.6) is 5.75 Å². The van der Waals surface area contributed by atoms with Crippen molar-refractivity contribution in [1.82, 2.24) is 14.8 Å². The Morgan fingerprint density at radius 3 is 2.71 bits per heavy atom. The molecule has 1 aliphatic carbocycles. The monoisotopic (exact) mass is 462 g/mol. The summed E-state index contributed by atoms with van der Waals surface area (Å²) in [4.78, 5) is 4.34. The maximum absolute atomic E-state index is 9.31. The third-order valence-electron chi connectivity index (χ3n) is 6.99. The molecular formula is C30H30N4O. The summed E-state index contributed by atoms with van der Waals surface area (Å²) in [7, 11) is 0. The van der Waals surface area contributed by atoms with Crippen LogP contribution in [0.15, 0.2) is 73.3 Å². The predicted molar refractivity (Wildman–Crippen MR) is 138 cm³/mol. The highest BCUT2D eigenvalue weighted by molar-refractivity contribution is 5.70. The largest absolute Gasteiger partial charge is 0.493 e. The van der Waals surface area contributed by atoms with Crippen molar-refractivity contribution in [2.75, 3.05) is 6.61 Å². The highest BCUT2D eigenvalue weighted by Gasteiger charge is 2.17. The minimum atomic E-state index is -0.141. The summed E-state index contributed by atoms with van der Waals surface area (Å²) in [5.41, 5.74) is 7.30. The van der Waals surface area contributed by atoms with Gasteiger partial charge in [0.05, 0.1) is 30.5 Å². The zero-order chi connectivity index (χ0) is 24.2. The smallest absolute Gasteiger partial charge is 0.130 e. The van der Waals surface area contributed by atoms with Crippen molar-refractivity contribution < 1.29 is 4.74 Å². The van der Waals surface area contributed by atoms with Gasteiger partial charge in [-0.1, -0.05) is 43.2 Å². The van der Waals surface area contributed by atoms with Gasteiger partial charge in [-0.05, 0) is 73.1 Å². The Balaban J connectivity index is 1.43. The molecule has 35 heavy (non-hydrogen) atoms. The average molecular weight is 463 g/mol. The van der Waals surface area contributed by atoms with Crippen LogP contribution in [0.1, 0.15) is 49.7 Å². The van der Waals surface area contributed by atoms with Crippen LogP contribution in [-0.4, -0.2) is 21.4 Å². The van der Waals surface area contributed by atoms with Crippen LogP contribution in [-0.2, 0) is 0 Å². The zero-order valence-corrected chi connectivity index (χ0v) is 20.3. The fourth-order valence-electron chi connectivity index (χ4n) is 4.80. The van der Waals surface area contributed by atoms with E-state index in [1.54, 1.807) is 6.20 Å². The number of aromatic nitrogens is 3. The Labute approximate surface area is 207 Å². The molecule has 0 aliphatic heterocycles. The topological polar surface area (TPSA) is 63.7 Å². The molecule has 0 radical (unpaired) electrons. The van der Waals surface area contributed by atoms with Gasteiger partial charge in [-0.3, -0.25) is 4.98 Å². The molecule has 176 valence electrons. The average Bonchev–Trinajstić information content (AvgIpc) is 3.60. The SMILES string of the molecule is Cc1ccc(-c2cccc(C(C)C#N)c2)cc1-n1cc(-c2cnccc2OCC2CCCC2)cn1. The lowest BCUT2D eigenvalue weighted by atomic mass is 9.96. The molecule has 0 amide bonds. The lowest BCUT2D eigenvalue weighted by molar-refractivity contribution is 0.253. The lowest BCUT2D eigenvalue weighted by Crippen LogP contribution is -2.08. The molecule has 2 aromatic carbocycles. The minimum Gasteiger partial charge on any atom is -0.493 e. The molecule has 0 N–H and O–H groups in total. The van der Waals surface area contributed by atoms with E-state index in [2.05, 4.69) is 53.4 Å². The molecule has 1 atom stereocenters. The first kappa shape index (κ1) is 22.9. The van der Waals surface area contributed by atoms with Gasteiger partial charge in [-0.15, -0.1) is 0 Å². The van der Waals surface area contributed by atoms with Gasteiger partial charge in [0, 0.05) is 29.7 Å². The van der Waals surface area contributed by atoms with Crippen LogP contribution in [0.4, 0.5) is 0 Å². The number of aryl methyl sites for hydroxylation is 1. The second-order valence-corrected chi connectivity index (χ2v) is 9.48. The summed E-state index contributed by atoms with van der Waals surface area (Å²) < 4.78 is 8.15. The summed E-state index contributed by atoms with van der Waals surface area (Å²) >= 11 is 0. The van der Waals surface area contributed by atoms with Crippen molar-refractivity contribution in [1.29, 1.82) is 5.26 Å². The van der Waals surface area contributed by atoms with Gasteiger partial charge in [0.2, 0.25) is 0 Å². The summed E-state index contributed by atoms with van der Waals surface area (Å²) in [6, 6.07) is 18.9. The Morgan fingerprint density at radius 2 is 1.89 bits per heavy atom. The second-order valence-electron chi connectivity index (χ2n) is 9.48. The number of benzene rings is 2. The number of hydrogen-bond acceptors (Lipinski definition) is 4. The van der Waals surface area contributed by atoms with E-state index in [4.69, 9.17) is 4.74 Å². The standard InChI is InChI=1S/C30H30N4O/c1-21-10-11-26(25-9-5-8-24(14-25)22(2)16-31)15-29(21)34-19-27(17-33-34)28-18-32-13-12-30(28)35-20-23-6-3-4-7-23/h5,8-15,17-19,22-23H,3-4,6-7,20H2,1-2H3. The molecule has 0 spiro atoms. The molecule has 2 heterocycles. The fraction of sp³-hybridized carbons (Fsp3) is 0.300. The maximum atomic E-state index is 9.31. The van der Waals surface area contributed by atoms with E-state index in [1.807, 2.05) is 48.4 Å². The normalized spacial score (nSPS) is 14.5. The first-order valence-electron chi connectivity index (χ1n) is 12.3. The first-order valence-corrected chi connectivity index (χ1v) is 12.3. The molecule has 5 nitrogen and oxygen atoms in total. The molecular weight excluding hydrogens is 432 g/mol. The summed E-state index contributed by atoms with van der Waals surface area (Å²) in [5, 5.41) is 14.0. The number of hydrogen-bond donors (Lipinski definition) is 0. The van der Waals surface area contributed by atoms with Crippen LogP contribution in [0, 0.1) is 24.2 Å². The maximum Gasteiger partial charge on any atom is 0.130 e. The van der Waals surface area contributed by atoms with Crippen molar-refractivity contribution in [2.24, 2.45) is 5.92 Å². The number of rotatable bonds is 7. The van der Waals surface area contributed by atoms with Crippen LogP contribution in [0.25, 0.3) is 27.9 Å². The Hall–Kier alpha value is -3.91. The van der Waals surface area contributed by atoms with Crippen molar-refractivity contribution >= 4 is 0 Å². The van der Waals surface area contributed by atoms with E-state index in [0.717, 1.165) is 51.4 Å². The predicted octanol–water partition coefficient (Wildman–Crippen LogP) is 7.11. The third kappa shape index (κ3) is 4.97. The number of nitrogens with zero attached hydrogens (tertiary/aromatic N) is 4. The van der Waals surface area contributed by atoms with E-state index in [1.165, 1.54) is 25.7 Å². The molecule has 1 fully saturated rings. The van der Waals surface area contributed by atoms with Gasteiger partial charge in [-0.25, -0.2) is 4.68 Å².